The Morgan fingerprint density at radius 1 is 1.32 bits per heavy atom. The Morgan fingerprint density at radius 2 is 2.09 bits per heavy atom. The van der Waals surface area contributed by atoms with E-state index in [-0.39, 0.29) is 16.9 Å². The topological polar surface area (TPSA) is 110 Å². The maximum Gasteiger partial charge on any atom is 0.264 e. The van der Waals surface area contributed by atoms with E-state index >= 15 is 0 Å². The molecule has 1 N–H and O–H groups in total. The van der Waals surface area contributed by atoms with Crippen molar-refractivity contribution in [2.75, 3.05) is 6.61 Å². The summed E-state index contributed by atoms with van der Waals surface area (Å²) in [5.74, 6) is -0.126. The summed E-state index contributed by atoms with van der Waals surface area (Å²) in [6.45, 7) is 3.02. The maximum atomic E-state index is 13.2. The molecule has 2 aromatic heterocycles. The van der Waals surface area contributed by atoms with Gasteiger partial charge in [-0.05, 0) is 56.4 Å². The van der Waals surface area contributed by atoms with Crippen LogP contribution in [0, 0.1) is 11.3 Å². The molecule has 3 aromatic rings. The fraction of sp³-hybridized carbons (Fsp3) is 0.400. The van der Waals surface area contributed by atoms with Crippen molar-refractivity contribution in [1.29, 1.82) is 5.26 Å². The first-order valence-electron chi connectivity index (χ1n) is 11.5. The van der Waals surface area contributed by atoms with Crippen LogP contribution in [0.2, 0.25) is 0 Å². The number of nitriles is 1. The van der Waals surface area contributed by atoms with E-state index in [1.807, 2.05) is 18.7 Å². The van der Waals surface area contributed by atoms with Crippen LogP contribution in [0.15, 0.2) is 41.3 Å². The highest BCUT2D eigenvalue weighted by molar-refractivity contribution is 8.01. The number of amides is 1. The third-order valence-corrected chi connectivity index (χ3v) is 8.02. The lowest BCUT2D eigenvalue weighted by Crippen LogP contribution is -2.33. The van der Waals surface area contributed by atoms with Crippen LogP contribution >= 0.6 is 11.8 Å². The summed E-state index contributed by atoms with van der Waals surface area (Å²) in [6.07, 6.45) is 6.39. The maximum absolute atomic E-state index is 13.2. The van der Waals surface area contributed by atoms with Crippen LogP contribution in [0.1, 0.15) is 54.1 Å². The summed E-state index contributed by atoms with van der Waals surface area (Å²) in [6, 6.07) is 10.6. The second-order valence-electron chi connectivity index (χ2n) is 8.84. The van der Waals surface area contributed by atoms with Gasteiger partial charge in [-0.25, -0.2) is 0 Å². The molecule has 0 atom stereocenters. The van der Waals surface area contributed by atoms with Gasteiger partial charge >= 0.3 is 0 Å². The second kappa shape index (κ2) is 9.11. The van der Waals surface area contributed by atoms with Crippen molar-refractivity contribution in [1.82, 2.24) is 20.1 Å². The van der Waals surface area contributed by atoms with Crippen LogP contribution in [0.25, 0.3) is 10.9 Å². The number of ether oxygens (including phenoxy) is 1. The minimum atomic E-state index is -0.462. The number of hydrogen-bond acceptors (Lipinski definition) is 7. The van der Waals surface area contributed by atoms with Gasteiger partial charge in [-0.3, -0.25) is 9.59 Å². The number of nitrogens with zero attached hydrogens (tertiary/aromatic N) is 4. The number of aryl methyl sites for hydroxylation is 1. The number of aromatic nitrogens is 3. The first-order valence-corrected chi connectivity index (χ1v) is 12.4. The average molecular weight is 476 g/mol. The van der Waals surface area contributed by atoms with Gasteiger partial charge in [-0.1, -0.05) is 12.1 Å². The minimum absolute atomic E-state index is 0.0462. The lowest BCUT2D eigenvalue weighted by Gasteiger charge is -2.17. The second-order valence-corrected chi connectivity index (χ2v) is 10.6. The first-order chi connectivity index (χ1) is 16.5. The van der Waals surface area contributed by atoms with Gasteiger partial charge in [0.1, 0.15) is 17.7 Å². The molecule has 0 radical (unpaired) electrons. The predicted molar refractivity (Wildman–Crippen MR) is 130 cm³/mol. The summed E-state index contributed by atoms with van der Waals surface area (Å²) in [4.78, 5) is 26.1. The van der Waals surface area contributed by atoms with E-state index < -0.39 is 11.5 Å². The van der Waals surface area contributed by atoms with Crippen molar-refractivity contribution in [3.63, 3.8) is 0 Å². The van der Waals surface area contributed by atoms with Crippen molar-refractivity contribution in [3.8, 4) is 11.9 Å². The predicted octanol–water partition coefficient (Wildman–Crippen LogP) is 3.42. The molecule has 0 aliphatic heterocycles. The molecule has 174 valence electrons. The summed E-state index contributed by atoms with van der Waals surface area (Å²) in [5, 5.41) is 21.4. The van der Waals surface area contributed by atoms with Crippen molar-refractivity contribution in [2.45, 2.75) is 55.7 Å². The molecule has 0 saturated heterocycles. The number of pyridine rings is 1. The van der Waals surface area contributed by atoms with E-state index in [0.29, 0.717) is 35.5 Å². The number of nitrogens with one attached hydrogen (secondary N) is 1. The molecule has 0 bridgehead atoms. The Morgan fingerprint density at radius 3 is 2.74 bits per heavy atom. The monoisotopic (exact) mass is 475 g/mol. The zero-order valence-corrected chi connectivity index (χ0v) is 19.7. The fourth-order valence-corrected chi connectivity index (χ4v) is 5.47. The molecule has 5 rings (SSSR count). The largest absolute Gasteiger partial charge is 0.474 e. The van der Waals surface area contributed by atoms with Crippen LogP contribution in [-0.2, 0) is 13.1 Å². The first kappa shape index (κ1) is 22.4. The summed E-state index contributed by atoms with van der Waals surface area (Å²) in [7, 11) is 0. The number of rotatable bonds is 9. The highest BCUT2D eigenvalue weighted by Crippen LogP contribution is 2.55. The fourth-order valence-electron chi connectivity index (χ4n) is 3.93. The van der Waals surface area contributed by atoms with Crippen LogP contribution < -0.4 is 15.6 Å². The molecule has 0 spiro atoms. The normalized spacial score (nSPS) is 16.1. The highest BCUT2D eigenvalue weighted by Gasteiger charge is 2.48. The number of fused-ring (bicyclic) bond motifs is 1. The van der Waals surface area contributed by atoms with Gasteiger partial charge in [0.2, 0.25) is 0 Å². The zero-order chi connectivity index (χ0) is 23.7. The van der Waals surface area contributed by atoms with Crippen LogP contribution in [-0.4, -0.2) is 37.3 Å². The molecule has 2 fully saturated rings. The highest BCUT2D eigenvalue weighted by atomic mass is 32.2. The van der Waals surface area contributed by atoms with Gasteiger partial charge in [-0.15, -0.1) is 16.9 Å². The molecule has 34 heavy (non-hydrogen) atoms. The minimum Gasteiger partial charge on any atom is -0.474 e. The molecule has 8 nitrogen and oxygen atoms in total. The zero-order valence-electron chi connectivity index (χ0n) is 18.9. The smallest absolute Gasteiger partial charge is 0.264 e. The molecule has 2 aliphatic carbocycles. The quantitative estimate of drug-likeness (QED) is 0.505. The Hall–Kier alpha value is -3.38. The Bertz CT molecular complexity index is 1340. The molecule has 0 unspecified atom stereocenters. The standard InChI is InChI=1S/C25H25N5O3S/c1-2-30-21-18(14-28-29-23(21)33-15-25(9-10-25)34-19-7-8-19)11-20(24(30)32)22(31)27-13-17-5-3-16(12-26)4-6-17/h3-6,11,14,19H,2,7-10,13,15H2,1H3,(H,27,31). The molecule has 2 aliphatic rings. The van der Waals surface area contributed by atoms with E-state index in [2.05, 4.69) is 21.6 Å². The summed E-state index contributed by atoms with van der Waals surface area (Å²) >= 11 is 2.02. The number of carbonyl (C=O) groups is 1. The van der Waals surface area contributed by atoms with Gasteiger partial charge < -0.3 is 14.6 Å². The Kier molecular flexibility index (Phi) is 6.00. The van der Waals surface area contributed by atoms with Crippen molar-refractivity contribution >= 4 is 28.6 Å². The van der Waals surface area contributed by atoms with Gasteiger partial charge in [0.15, 0.2) is 0 Å². The SMILES string of the molecule is CCn1c(=O)c(C(=O)NCc2ccc(C#N)cc2)cc2cnnc(OCC3(SC4CC4)CC3)c21. The van der Waals surface area contributed by atoms with Gasteiger partial charge in [0.05, 0.1) is 22.6 Å². The molecule has 9 heteroatoms. The summed E-state index contributed by atoms with van der Waals surface area (Å²) < 4.78 is 7.81. The molecule has 1 amide bonds. The van der Waals surface area contributed by atoms with Crippen molar-refractivity contribution in [3.05, 3.63) is 63.6 Å². The van der Waals surface area contributed by atoms with Crippen molar-refractivity contribution in [2.24, 2.45) is 0 Å². The Balaban J connectivity index is 1.38. The van der Waals surface area contributed by atoms with E-state index in [1.165, 1.54) is 17.4 Å². The van der Waals surface area contributed by atoms with Gasteiger partial charge in [0, 0.05) is 23.7 Å². The van der Waals surface area contributed by atoms with E-state index in [0.717, 1.165) is 23.7 Å². The number of benzene rings is 1. The third-order valence-electron chi connectivity index (χ3n) is 6.18. The summed E-state index contributed by atoms with van der Waals surface area (Å²) in [5.41, 5.74) is 1.61. The van der Waals surface area contributed by atoms with Crippen molar-refractivity contribution < 1.29 is 9.53 Å². The van der Waals surface area contributed by atoms with E-state index in [4.69, 9.17) is 10.00 Å². The number of carbonyl (C=O) groups excluding carboxylic acids is 1. The van der Waals surface area contributed by atoms with Gasteiger partial charge in [-0.2, -0.15) is 10.4 Å². The van der Waals surface area contributed by atoms with Gasteiger partial charge in [0.25, 0.3) is 17.3 Å². The van der Waals surface area contributed by atoms with E-state index in [9.17, 15) is 9.59 Å². The number of thioether (sulfide) groups is 1. The van der Waals surface area contributed by atoms with Crippen LogP contribution in [0.5, 0.6) is 5.88 Å². The molecule has 2 saturated carbocycles. The Labute approximate surface area is 201 Å². The van der Waals surface area contributed by atoms with Crippen LogP contribution in [0.3, 0.4) is 0 Å². The van der Waals surface area contributed by atoms with E-state index in [1.54, 1.807) is 36.5 Å². The molecular formula is C25H25N5O3S. The molecular weight excluding hydrogens is 450 g/mol. The lowest BCUT2D eigenvalue weighted by atomic mass is 10.1. The molecule has 2 heterocycles. The third kappa shape index (κ3) is 4.64. The molecule has 1 aromatic carbocycles. The number of hydrogen-bond donors (Lipinski definition) is 1. The average Bonchev–Trinajstić information content (AvgIpc) is 3.80. The lowest BCUT2D eigenvalue weighted by molar-refractivity contribution is 0.0949. The van der Waals surface area contributed by atoms with Crippen LogP contribution in [0.4, 0.5) is 0 Å².